The highest BCUT2D eigenvalue weighted by Crippen LogP contribution is 2.13. The van der Waals surface area contributed by atoms with Crippen molar-refractivity contribution >= 4 is 34.6 Å². The molecule has 2 rings (SSSR count). The van der Waals surface area contributed by atoms with Gasteiger partial charge in [0.2, 0.25) is 11.8 Å². The van der Waals surface area contributed by atoms with Gasteiger partial charge in [0, 0.05) is 37.1 Å². The zero-order chi connectivity index (χ0) is 26.5. The Morgan fingerprint density at radius 1 is 0.667 bits per heavy atom. The second kappa shape index (κ2) is 14.0. The van der Waals surface area contributed by atoms with E-state index in [1.165, 1.54) is 24.3 Å². The number of nitro groups is 2. The van der Waals surface area contributed by atoms with E-state index < -0.39 is 9.85 Å². The predicted octanol–water partition coefficient (Wildman–Crippen LogP) is 4.22. The third-order valence-electron chi connectivity index (χ3n) is 5.25. The number of carbonyl (C=O) groups is 2. The summed E-state index contributed by atoms with van der Waals surface area (Å²) in [5.74, 6) is -0.463. The van der Waals surface area contributed by atoms with Crippen molar-refractivity contribution in [2.24, 2.45) is 10.2 Å². The van der Waals surface area contributed by atoms with Gasteiger partial charge < -0.3 is 0 Å². The van der Waals surface area contributed by atoms with E-state index in [0.717, 1.165) is 12.8 Å². The molecule has 0 atom stereocenters. The molecule has 0 aliphatic heterocycles. The number of hydrogen-bond acceptors (Lipinski definition) is 8. The van der Waals surface area contributed by atoms with Gasteiger partial charge in [0.1, 0.15) is 0 Å². The Bertz CT molecular complexity index is 1050. The van der Waals surface area contributed by atoms with Gasteiger partial charge in [0.25, 0.3) is 11.4 Å². The second-order valence-corrected chi connectivity index (χ2v) is 7.99. The van der Waals surface area contributed by atoms with Crippen LogP contribution in [0, 0.1) is 20.2 Å². The Balaban J connectivity index is 1.61. The van der Waals surface area contributed by atoms with E-state index >= 15 is 0 Å². The van der Waals surface area contributed by atoms with E-state index in [1.807, 2.05) is 0 Å². The number of hydrogen-bond donors (Lipinski definition) is 2. The van der Waals surface area contributed by atoms with E-state index in [9.17, 15) is 29.8 Å². The average molecular weight is 497 g/mol. The molecule has 0 spiro atoms. The molecular formula is C24H28N6O6. The van der Waals surface area contributed by atoms with Crippen LogP contribution >= 0.6 is 0 Å². The summed E-state index contributed by atoms with van der Waals surface area (Å²) < 4.78 is 0. The van der Waals surface area contributed by atoms with Crippen LogP contribution in [0.25, 0.3) is 0 Å². The summed E-state index contributed by atoms with van der Waals surface area (Å²) >= 11 is 0. The van der Waals surface area contributed by atoms with Crippen LogP contribution in [0.5, 0.6) is 0 Å². The van der Waals surface area contributed by atoms with E-state index in [0.29, 0.717) is 48.2 Å². The fourth-order valence-electron chi connectivity index (χ4n) is 3.11. The molecule has 0 unspecified atom stereocenters. The topological polar surface area (TPSA) is 169 Å². The minimum Gasteiger partial charge on any atom is -0.273 e. The summed E-state index contributed by atoms with van der Waals surface area (Å²) in [5, 5.41) is 29.5. The van der Waals surface area contributed by atoms with Gasteiger partial charge in [0.05, 0.1) is 21.3 Å². The van der Waals surface area contributed by atoms with Crippen molar-refractivity contribution < 1.29 is 19.4 Å². The molecule has 2 amide bonds. The Morgan fingerprint density at radius 3 is 1.31 bits per heavy atom. The van der Waals surface area contributed by atoms with Gasteiger partial charge in [0.15, 0.2) is 0 Å². The molecule has 0 fully saturated rings. The van der Waals surface area contributed by atoms with Crippen molar-refractivity contribution in [1.82, 2.24) is 10.9 Å². The van der Waals surface area contributed by atoms with E-state index in [2.05, 4.69) is 21.1 Å². The van der Waals surface area contributed by atoms with Gasteiger partial charge in [-0.05, 0) is 62.1 Å². The maximum Gasteiger partial charge on any atom is 0.269 e. The summed E-state index contributed by atoms with van der Waals surface area (Å²) in [7, 11) is 0. The normalized spacial score (nSPS) is 11.6. The number of hydrazone groups is 2. The van der Waals surface area contributed by atoms with Crippen LogP contribution in [0.4, 0.5) is 11.4 Å². The van der Waals surface area contributed by atoms with E-state index in [1.54, 1.807) is 38.1 Å². The highest BCUT2D eigenvalue weighted by molar-refractivity contribution is 6.00. The van der Waals surface area contributed by atoms with Crippen LogP contribution in [-0.4, -0.2) is 33.1 Å². The van der Waals surface area contributed by atoms with E-state index in [4.69, 9.17) is 0 Å². The standard InChI is InChI=1S/C24H28N6O6/c1-17(19-9-13-21(14-10-19)29(33)34)25-27-23(31)7-5-3-4-6-8-24(32)28-26-18(2)20-11-15-22(16-12-20)30(35)36/h9-16H,3-8H2,1-2H3,(H,27,31)(H,28,32)/b25-17+,26-18+. The quantitative estimate of drug-likeness (QED) is 0.182. The molecule has 2 aromatic rings. The van der Waals surface area contributed by atoms with E-state index in [-0.39, 0.29) is 23.2 Å². The third kappa shape index (κ3) is 9.41. The van der Waals surface area contributed by atoms with Gasteiger partial charge in [-0.3, -0.25) is 29.8 Å². The molecule has 0 saturated carbocycles. The largest absolute Gasteiger partial charge is 0.273 e. The lowest BCUT2D eigenvalue weighted by molar-refractivity contribution is -0.385. The summed E-state index contributed by atoms with van der Waals surface area (Å²) in [5.41, 5.74) is 7.35. The number of rotatable bonds is 13. The lowest BCUT2D eigenvalue weighted by Crippen LogP contribution is -2.19. The number of benzene rings is 2. The van der Waals surface area contributed by atoms with Gasteiger partial charge in [-0.1, -0.05) is 12.8 Å². The molecule has 190 valence electrons. The number of non-ortho nitro benzene ring substituents is 2. The third-order valence-corrected chi connectivity index (χ3v) is 5.25. The van der Waals surface area contributed by atoms with Gasteiger partial charge in [-0.2, -0.15) is 10.2 Å². The zero-order valence-corrected chi connectivity index (χ0v) is 20.1. The summed E-state index contributed by atoms with van der Waals surface area (Å²) in [4.78, 5) is 44.4. The molecule has 0 heterocycles. The highest BCUT2D eigenvalue weighted by atomic mass is 16.6. The van der Waals surface area contributed by atoms with Crippen molar-refractivity contribution in [2.45, 2.75) is 52.4 Å². The smallest absolute Gasteiger partial charge is 0.269 e. The molecule has 0 saturated heterocycles. The fourth-order valence-corrected chi connectivity index (χ4v) is 3.11. The van der Waals surface area contributed by atoms with Crippen LogP contribution in [0.2, 0.25) is 0 Å². The van der Waals surface area contributed by atoms with Crippen molar-refractivity contribution in [3.8, 4) is 0 Å². The van der Waals surface area contributed by atoms with Crippen molar-refractivity contribution in [2.75, 3.05) is 0 Å². The van der Waals surface area contributed by atoms with Gasteiger partial charge in [-0.25, -0.2) is 10.9 Å². The number of unbranched alkanes of at least 4 members (excludes halogenated alkanes) is 3. The molecule has 12 heteroatoms. The Morgan fingerprint density at radius 2 is 1.00 bits per heavy atom. The first-order valence-corrected chi connectivity index (χ1v) is 11.3. The van der Waals surface area contributed by atoms with Crippen LogP contribution < -0.4 is 10.9 Å². The number of amides is 2. The van der Waals surface area contributed by atoms with Crippen molar-refractivity contribution in [1.29, 1.82) is 0 Å². The molecule has 0 bridgehead atoms. The van der Waals surface area contributed by atoms with Crippen LogP contribution in [0.15, 0.2) is 58.7 Å². The molecule has 2 aromatic carbocycles. The fraction of sp³-hybridized carbons (Fsp3) is 0.333. The monoisotopic (exact) mass is 496 g/mol. The van der Waals surface area contributed by atoms with Crippen molar-refractivity contribution in [3.05, 3.63) is 79.9 Å². The van der Waals surface area contributed by atoms with Crippen LogP contribution in [0.1, 0.15) is 63.5 Å². The second-order valence-electron chi connectivity index (χ2n) is 7.99. The molecular weight excluding hydrogens is 468 g/mol. The van der Waals surface area contributed by atoms with Crippen molar-refractivity contribution in [3.63, 3.8) is 0 Å². The Kier molecular flexibility index (Phi) is 10.8. The lowest BCUT2D eigenvalue weighted by Gasteiger charge is -2.04. The highest BCUT2D eigenvalue weighted by Gasteiger charge is 2.08. The summed E-state index contributed by atoms with van der Waals surface area (Å²) in [6.07, 6.45) is 3.44. The molecule has 0 aromatic heterocycles. The zero-order valence-electron chi connectivity index (χ0n) is 20.1. The number of carbonyl (C=O) groups excluding carboxylic acids is 2. The first-order valence-electron chi connectivity index (χ1n) is 11.3. The predicted molar refractivity (Wildman–Crippen MR) is 135 cm³/mol. The van der Waals surface area contributed by atoms with Crippen LogP contribution in [-0.2, 0) is 9.59 Å². The van der Waals surface area contributed by atoms with Crippen LogP contribution in [0.3, 0.4) is 0 Å². The first kappa shape index (κ1) is 27.8. The molecule has 0 aliphatic rings. The number of nitrogens with one attached hydrogen (secondary N) is 2. The summed E-state index contributed by atoms with van der Waals surface area (Å²) in [6.45, 7) is 3.40. The maximum atomic E-state index is 12.0. The number of nitrogens with zero attached hydrogens (tertiary/aromatic N) is 4. The Hall–Kier alpha value is -4.48. The minimum atomic E-state index is -0.482. The average Bonchev–Trinajstić information content (AvgIpc) is 2.87. The first-order chi connectivity index (χ1) is 17.2. The lowest BCUT2D eigenvalue weighted by atomic mass is 10.1. The Labute approximate surface area is 207 Å². The summed E-state index contributed by atoms with van der Waals surface area (Å²) in [6, 6.07) is 11.8. The molecule has 0 radical (unpaired) electrons. The van der Waals surface area contributed by atoms with Gasteiger partial charge in [-0.15, -0.1) is 0 Å². The molecule has 2 N–H and O–H groups in total. The molecule has 12 nitrogen and oxygen atoms in total. The molecule has 0 aliphatic carbocycles. The maximum absolute atomic E-state index is 12.0. The minimum absolute atomic E-state index is 0.0156. The number of nitro benzene ring substituents is 2. The van der Waals surface area contributed by atoms with Gasteiger partial charge >= 0.3 is 0 Å². The SMILES string of the molecule is C/C(=N\NC(=O)CCCCCCC(=O)N/N=C(\C)c1ccc([N+](=O)[O-])cc1)c1ccc([N+](=O)[O-])cc1. The molecule has 36 heavy (non-hydrogen) atoms.